The van der Waals surface area contributed by atoms with Crippen molar-refractivity contribution >= 4 is 0 Å². The highest BCUT2D eigenvalue weighted by molar-refractivity contribution is 5.68. The van der Waals surface area contributed by atoms with Crippen LogP contribution in [0.5, 0.6) is 0 Å². The number of hydrogen-bond donors (Lipinski definition) is 1. The average Bonchev–Trinajstić information content (AvgIpc) is 2.37. The van der Waals surface area contributed by atoms with Crippen molar-refractivity contribution < 1.29 is 0 Å². The molecule has 1 heteroatoms. The highest BCUT2D eigenvalue weighted by atomic mass is 14.8. The first kappa shape index (κ1) is 10.5. The largest absolute Gasteiger partial charge is 0.321 e. The molecule has 0 heterocycles. The van der Waals surface area contributed by atoms with Crippen LogP contribution in [-0.4, -0.2) is 0 Å². The van der Waals surface area contributed by atoms with Gasteiger partial charge in [0.25, 0.3) is 0 Å². The lowest BCUT2D eigenvalue weighted by Crippen LogP contribution is -2.43. The Bertz CT molecular complexity index is 512. The minimum atomic E-state index is -0.0908. The molecule has 0 saturated heterocycles. The predicted octanol–water partition coefficient (Wildman–Crippen LogP) is 3.69. The van der Waals surface area contributed by atoms with Gasteiger partial charge >= 0.3 is 0 Å². The minimum absolute atomic E-state index is 0.0908. The number of nitrogens with two attached hydrogens (primary N) is 1. The fourth-order valence-corrected chi connectivity index (χ4v) is 2.61. The van der Waals surface area contributed by atoms with E-state index in [1.807, 2.05) is 6.07 Å². The van der Waals surface area contributed by atoms with Crippen molar-refractivity contribution in [2.45, 2.75) is 24.8 Å². The maximum absolute atomic E-state index is 6.46. The van der Waals surface area contributed by atoms with Crippen molar-refractivity contribution in [2.24, 2.45) is 5.73 Å². The molecular formula is C16H17N. The van der Waals surface area contributed by atoms with Crippen LogP contribution >= 0.6 is 0 Å². The van der Waals surface area contributed by atoms with E-state index in [1.165, 1.54) is 23.1 Å². The van der Waals surface area contributed by atoms with Crippen LogP contribution in [0.15, 0.2) is 54.6 Å². The SMILES string of the molecule is NC1(c2ccccc2-c2ccccc2)CCC1. The quantitative estimate of drug-likeness (QED) is 0.825. The molecule has 3 rings (SSSR count). The summed E-state index contributed by atoms with van der Waals surface area (Å²) in [7, 11) is 0. The van der Waals surface area contributed by atoms with E-state index in [0.29, 0.717) is 0 Å². The molecule has 1 nitrogen and oxygen atoms in total. The van der Waals surface area contributed by atoms with E-state index in [2.05, 4.69) is 48.5 Å². The van der Waals surface area contributed by atoms with Crippen molar-refractivity contribution in [1.82, 2.24) is 0 Å². The Kier molecular flexibility index (Phi) is 2.49. The van der Waals surface area contributed by atoms with Crippen molar-refractivity contribution in [3.63, 3.8) is 0 Å². The van der Waals surface area contributed by atoms with Gasteiger partial charge in [-0.05, 0) is 36.0 Å². The van der Waals surface area contributed by atoms with Gasteiger partial charge in [0.15, 0.2) is 0 Å². The van der Waals surface area contributed by atoms with Crippen LogP contribution in [0.3, 0.4) is 0 Å². The summed E-state index contributed by atoms with van der Waals surface area (Å²) in [5.41, 5.74) is 10.2. The molecule has 1 aliphatic rings. The molecule has 0 amide bonds. The Balaban J connectivity index is 2.11. The summed E-state index contributed by atoms with van der Waals surface area (Å²) in [5.74, 6) is 0. The van der Waals surface area contributed by atoms with Gasteiger partial charge in [0, 0.05) is 5.54 Å². The second kappa shape index (κ2) is 4.01. The van der Waals surface area contributed by atoms with Crippen LogP contribution in [0.2, 0.25) is 0 Å². The summed E-state index contributed by atoms with van der Waals surface area (Å²) in [6, 6.07) is 19.1. The highest BCUT2D eigenvalue weighted by Gasteiger charge is 2.35. The molecule has 2 N–H and O–H groups in total. The maximum Gasteiger partial charge on any atom is 0.0415 e. The highest BCUT2D eigenvalue weighted by Crippen LogP contribution is 2.42. The predicted molar refractivity (Wildman–Crippen MR) is 71.6 cm³/mol. The van der Waals surface area contributed by atoms with Gasteiger partial charge in [-0.15, -0.1) is 0 Å². The second-order valence-corrected chi connectivity index (χ2v) is 4.92. The molecule has 0 unspecified atom stereocenters. The molecule has 1 aliphatic carbocycles. The average molecular weight is 223 g/mol. The fraction of sp³-hybridized carbons (Fsp3) is 0.250. The van der Waals surface area contributed by atoms with Crippen LogP contribution in [0.4, 0.5) is 0 Å². The van der Waals surface area contributed by atoms with E-state index in [4.69, 9.17) is 5.73 Å². The Morgan fingerprint density at radius 1 is 0.824 bits per heavy atom. The second-order valence-electron chi connectivity index (χ2n) is 4.92. The molecule has 0 aliphatic heterocycles. The third kappa shape index (κ3) is 1.77. The van der Waals surface area contributed by atoms with E-state index < -0.39 is 0 Å². The first-order valence-electron chi connectivity index (χ1n) is 6.23. The summed E-state index contributed by atoms with van der Waals surface area (Å²) in [4.78, 5) is 0. The molecule has 0 radical (unpaired) electrons. The Morgan fingerprint density at radius 2 is 1.47 bits per heavy atom. The smallest absolute Gasteiger partial charge is 0.0415 e. The molecule has 0 spiro atoms. The van der Waals surface area contributed by atoms with Gasteiger partial charge in [0.1, 0.15) is 0 Å². The maximum atomic E-state index is 6.46. The number of rotatable bonds is 2. The molecule has 17 heavy (non-hydrogen) atoms. The van der Waals surface area contributed by atoms with Gasteiger partial charge in [-0.25, -0.2) is 0 Å². The van der Waals surface area contributed by atoms with E-state index in [0.717, 1.165) is 12.8 Å². The van der Waals surface area contributed by atoms with E-state index in [9.17, 15) is 0 Å². The first-order chi connectivity index (χ1) is 8.30. The molecule has 2 aromatic rings. The molecule has 1 fully saturated rings. The Hall–Kier alpha value is -1.60. The monoisotopic (exact) mass is 223 g/mol. The van der Waals surface area contributed by atoms with E-state index in [-0.39, 0.29) is 5.54 Å². The number of hydrogen-bond acceptors (Lipinski definition) is 1. The molecule has 0 bridgehead atoms. The van der Waals surface area contributed by atoms with Crippen LogP contribution in [0, 0.1) is 0 Å². The Morgan fingerprint density at radius 3 is 2.12 bits per heavy atom. The van der Waals surface area contributed by atoms with Gasteiger partial charge in [-0.3, -0.25) is 0 Å². The van der Waals surface area contributed by atoms with Crippen LogP contribution in [0.1, 0.15) is 24.8 Å². The molecule has 2 aromatic carbocycles. The fourth-order valence-electron chi connectivity index (χ4n) is 2.61. The number of benzene rings is 2. The minimum Gasteiger partial charge on any atom is -0.321 e. The molecule has 0 atom stereocenters. The van der Waals surface area contributed by atoms with Crippen LogP contribution in [0.25, 0.3) is 11.1 Å². The lowest BCUT2D eigenvalue weighted by Gasteiger charge is -2.40. The zero-order valence-corrected chi connectivity index (χ0v) is 9.89. The zero-order valence-electron chi connectivity index (χ0n) is 9.89. The molecule has 0 aromatic heterocycles. The van der Waals surface area contributed by atoms with Crippen molar-refractivity contribution in [3.05, 3.63) is 60.2 Å². The van der Waals surface area contributed by atoms with Crippen molar-refractivity contribution in [1.29, 1.82) is 0 Å². The molecule has 86 valence electrons. The third-order valence-corrected chi connectivity index (χ3v) is 3.79. The standard InChI is InChI=1S/C16H17N/c17-16(11-6-12-16)15-10-5-4-9-14(15)13-7-2-1-3-8-13/h1-5,7-10H,6,11-12,17H2. The van der Waals surface area contributed by atoms with Gasteiger partial charge in [-0.1, -0.05) is 54.6 Å². The Labute approximate surface area is 102 Å². The van der Waals surface area contributed by atoms with E-state index >= 15 is 0 Å². The molecular weight excluding hydrogens is 206 g/mol. The lowest BCUT2D eigenvalue weighted by atomic mass is 9.70. The summed E-state index contributed by atoms with van der Waals surface area (Å²) in [5, 5.41) is 0. The molecule has 1 saturated carbocycles. The third-order valence-electron chi connectivity index (χ3n) is 3.79. The van der Waals surface area contributed by atoms with Crippen molar-refractivity contribution in [3.8, 4) is 11.1 Å². The lowest BCUT2D eigenvalue weighted by molar-refractivity contribution is 0.254. The summed E-state index contributed by atoms with van der Waals surface area (Å²) in [6.07, 6.45) is 3.47. The zero-order chi connectivity index (χ0) is 11.7. The summed E-state index contributed by atoms with van der Waals surface area (Å²) in [6.45, 7) is 0. The van der Waals surface area contributed by atoms with E-state index in [1.54, 1.807) is 0 Å². The van der Waals surface area contributed by atoms with Crippen LogP contribution in [-0.2, 0) is 5.54 Å². The van der Waals surface area contributed by atoms with Gasteiger partial charge in [0.2, 0.25) is 0 Å². The van der Waals surface area contributed by atoms with Gasteiger partial charge < -0.3 is 5.73 Å². The topological polar surface area (TPSA) is 26.0 Å². The normalized spacial score (nSPS) is 17.5. The summed E-state index contributed by atoms with van der Waals surface area (Å²) < 4.78 is 0. The van der Waals surface area contributed by atoms with Crippen molar-refractivity contribution in [2.75, 3.05) is 0 Å². The first-order valence-corrected chi connectivity index (χ1v) is 6.23. The van der Waals surface area contributed by atoms with Crippen LogP contribution < -0.4 is 5.73 Å². The van der Waals surface area contributed by atoms with Gasteiger partial charge in [0.05, 0.1) is 0 Å². The van der Waals surface area contributed by atoms with Gasteiger partial charge in [-0.2, -0.15) is 0 Å². The summed E-state index contributed by atoms with van der Waals surface area (Å²) >= 11 is 0.